The van der Waals surface area contributed by atoms with Gasteiger partial charge in [-0.2, -0.15) is 0 Å². The van der Waals surface area contributed by atoms with Gasteiger partial charge in [0.1, 0.15) is 5.56 Å². The molecule has 11 nitrogen and oxygen atoms in total. The van der Waals surface area contributed by atoms with Crippen LogP contribution in [0.1, 0.15) is 5.69 Å². The zero-order chi connectivity index (χ0) is 18.6. The number of benzene rings is 2. The monoisotopic (exact) mass is 355 g/mol. The molecule has 0 saturated carbocycles. The topological polar surface area (TPSA) is 155 Å². The first-order valence-electron chi connectivity index (χ1n) is 7.33. The maximum absolute atomic E-state index is 12.1. The third kappa shape index (κ3) is 2.00. The molecule has 0 spiro atoms. The number of nitrogens with one attached hydrogen (secondary N) is 1. The maximum Gasteiger partial charge on any atom is 0.333 e. The summed E-state index contributed by atoms with van der Waals surface area (Å²) in [5.41, 5.74) is -0.396. The van der Waals surface area contributed by atoms with Gasteiger partial charge in [-0.15, -0.1) is 0 Å². The number of fused-ring (bicyclic) bond motifs is 2. The maximum atomic E-state index is 12.1. The highest BCUT2D eigenvalue weighted by atomic mass is 16.8. The van der Waals surface area contributed by atoms with Crippen LogP contribution >= 0.6 is 0 Å². The highest BCUT2D eigenvalue weighted by Crippen LogP contribution is 2.43. The molecular formula is C15H9N5O6. The number of nitro benzene ring substituents is 2. The molecule has 4 rings (SSSR count). The highest BCUT2D eigenvalue weighted by Gasteiger charge is 2.36. The van der Waals surface area contributed by atoms with Gasteiger partial charge < -0.3 is 10.2 Å². The van der Waals surface area contributed by atoms with E-state index in [9.17, 15) is 25.4 Å². The number of H-pyrrole nitrogens is 1. The van der Waals surface area contributed by atoms with E-state index in [4.69, 9.17) is 0 Å². The minimum atomic E-state index is -0.844. The average Bonchev–Trinajstić information content (AvgIpc) is 3.13. The highest BCUT2D eigenvalue weighted by molar-refractivity contribution is 6.08. The molecule has 0 aliphatic rings. The minimum Gasteiger partial charge on any atom is -0.359 e. The van der Waals surface area contributed by atoms with E-state index in [-0.39, 0.29) is 21.5 Å². The zero-order valence-electron chi connectivity index (χ0n) is 13.1. The van der Waals surface area contributed by atoms with Crippen molar-refractivity contribution in [2.75, 3.05) is 0 Å². The first kappa shape index (κ1) is 15.5. The van der Waals surface area contributed by atoms with Crippen LogP contribution in [0.3, 0.4) is 0 Å². The van der Waals surface area contributed by atoms with Gasteiger partial charge in [0.15, 0.2) is 0 Å². The van der Waals surface area contributed by atoms with Gasteiger partial charge in [0.2, 0.25) is 5.52 Å². The average molecular weight is 355 g/mol. The molecule has 0 bridgehead atoms. The van der Waals surface area contributed by atoms with Crippen molar-refractivity contribution in [3.05, 3.63) is 61.5 Å². The van der Waals surface area contributed by atoms with Crippen LogP contribution in [0.5, 0.6) is 0 Å². The van der Waals surface area contributed by atoms with Gasteiger partial charge in [-0.25, -0.2) is 0 Å². The van der Waals surface area contributed by atoms with Crippen molar-refractivity contribution in [3.8, 4) is 11.1 Å². The van der Waals surface area contributed by atoms with Crippen molar-refractivity contribution in [3.63, 3.8) is 0 Å². The van der Waals surface area contributed by atoms with Crippen LogP contribution in [0, 0.1) is 32.4 Å². The van der Waals surface area contributed by atoms with Gasteiger partial charge in [-0.3, -0.25) is 24.9 Å². The van der Waals surface area contributed by atoms with Crippen molar-refractivity contribution >= 4 is 33.3 Å². The second-order valence-corrected chi connectivity index (χ2v) is 5.60. The van der Waals surface area contributed by atoms with Crippen LogP contribution in [-0.2, 0) is 0 Å². The second-order valence-electron chi connectivity index (χ2n) is 5.60. The Kier molecular flexibility index (Phi) is 3.12. The third-order valence-electron chi connectivity index (χ3n) is 4.16. The SMILES string of the molecule is Cc1[nH]c2ccccc2c1-c1c([N+](=O)[O-])cc([N+](=O)[O-])c2no[n+]([O-])c12. The number of hydrogen-bond acceptors (Lipinski definition) is 7. The fourth-order valence-corrected chi connectivity index (χ4v) is 3.15. The Bertz CT molecular complexity index is 1220. The lowest BCUT2D eigenvalue weighted by molar-refractivity contribution is -0.782. The van der Waals surface area contributed by atoms with E-state index in [0.717, 1.165) is 6.07 Å². The Morgan fingerprint density at radius 3 is 2.50 bits per heavy atom. The number of aromatic amines is 1. The largest absolute Gasteiger partial charge is 0.359 e. The minimum absolute atomic E-state index is 0.0497. The summed E-state index contributed by atoms with van der Waals surface area (Å²) >= 11 is 0. The van der Waals surface area contributed by atoms with Crippen LogP contribution in [0.4, 0.5) is 11.4 Å². The van der Waals surface area contributed by atoms with Gasteiger partial charge in [0.25, 0.3) is 5.69 Å². The molecule has 0 aliphatic carbocycles. The number of rotatable bonds is 3. The van der Waals surface area contributed by atoms with Crippen LogP contribution in [0.15, 0.2) is 35.0 Å². The lowest BCUT2D eigenvalue weighted by atomic mass is 9.98. The number of nitro groups is 2. The summed E-state index contributed by atoms with van der Waals surface area (Å²) in [7, 11) is 0. The van der Waals surface area contributed by atoms with Crippen LogP contribution in [-0.4, -0.2) is 20.0 Å². The van der Waals surface area contributed by atoms with Crippen molar-refractivity contribution in [2.45, 2.75) is 6.92 Å². The van der Waals surface area contributed by atoms with Gasteiger partial charge in [0.05, 0.1) is 21.1 Å². The normalized spacial score (nSPS) is 11.3. The van der Waals surface area contributed by atoms with E-state index in [2.05, 4.69) is 14.8 Å². The molecule has 0 amide bonds. The molecule has 2 aromatic carbocycles. The van der Waals surface area contributed by atoms with E-state index in [1.807, 2.05) is 0 Å². The molecule has 0 unspecified atom stereocenters. The van der Waals surface area contributed by atoms with Gasteiger partial charge in [-0.05, 0) is 17.9 Å². The summed E-state index contributed by atoms with van der Waals surface area (Å²) in [5.74, 6) is 0. The molecule has 4 aromatic rings. The molecule has 0 aliphatic heterocycles. The van der Waals surface area contributed by atoms with Crippen molar-refractivity contribution < 1.29 is 19.4 Å². The van der Waals surface area contributed by atoms with Crippen molar-refractivity contribution in [1.82, 2.24) is 10.1 Å². The predicted octanol–water partition coefficient (Wildman–Crippen LogP) is 2.73. The van der Waals surface area contributed by atoms with E-state index in [1.165, 1.54) is 0 Å². The standard InChI is InChI=1S/C15H9N5O6/c1-7-12(8-4-2-3-5-9(8)16-7)13-10(18(21)22)6-11(19(23)24)14-15(13)20(25)26-17-14/h2-6,16H,1H3. The Hall–Kier alpha value is -4.02. The molecule has 2 aromatic heterocycles. The summed E-state index contributed by atoms with van der Waals surface area (Å²) in [6.45, 7) is 1.69. The molecule has 11 heteroatoms. The quantitative estimate of drug-likeness (QED) is 0.336. The molecule has 2 heterocycles. The Morgan fingerprint density at radius 2 is 1.81 bits per heavy atom. The number of para-hydroxylation sites is 1. The lowest BCUT2D eigenvalue weighted by Crippen LogP contribution is -2.23. The fraction of sp³-hybridized carbons (Fsp3) is 0.0667. The molecule has 0 radical (unpaired) electrons. The number of non-ortho nitro benzene ring substituents is 1. The summed E-state index contributed by atoms with van der Waals surface area (Å²) in [4.78, 5) is 24.3. The summed E-state index contributed by atoms with van der Waals surface area (Å²) < 4.78 is 4.51. The molecule has 26 heavy (non-hydrogen) atoms. The van der Waals surface area contributed by atoms with Crippen molar-refractivity contribution in [1.29, 1.82) is 0 Å². The predicted molar refractivity (Wildman–Crippen MR) is 88.3 cm³/mol. The number of aryl methyl sites for hydroxylation is 1. The second kappa shape index (κ2) is 5.24. The number of hydrogen-bond donors (Lipinski definition) is 1. The molecule has 0 atom stereocenters. The number of aromatic nitrogens is 3. The molecule has 0 fully saturated rings. The smallest absolute Gasteiger partial charge is 0.333 e. The van der Waals surface area contributed by atoms with E-state index >= 15 is 0 Å². The van der Waals surface area contributed by atoms with E-state index < -0.39 is 21.2 Å². The summed E-state index contributed by atoms with van der Waals surface area (Å²) in [6.07, 6.45) is 0. The summed E-state index contributed by atoms with van der Waals surface area (Å²) in [6, 6.07) is 7.83. The molecule has 130 valence electrons. The molecule has 0 saturated heterocycles. The first-order valence-corrected chi connectivity index (χ1v) is 7.33. The Balaban J connectivity index is 2.25. The van der Waals surface area contributed by atoms with Crippen LogP contribution in [0.2, 0.25) is 0 Å². The van der Waals surface area contributed by atoms with Gasteiger partial charge in [-0.1, -0.05) is 18.2 Å². The summed E-state index contributed by atoms with van der Waals surface area (Å²) in [5, 5.41) is 39.1. The lowest BCUT2D eigenvalue weighted by Gasteiger charge is -2.04. The van der Waals surface area contributed by atoms with E-state index in [1.54, 1.807) is 31.2 Å². The van der Waals surface area contributed by atoms with Gasteiger partial charge >= 0.3 is 11.2 Å². The number of nitrogens with zero attached hydrogens (tertiary/aromatic N) is 4. The Labute approximate surface area is 143 Å². The van der Waals surface area contributed by atoms with Crippen LogP contribution in [0.25, 0.3) is 33.1 Å². The van der Waals surface area contributed by atoms with Crippen LogP contribution < -0.4 is 4.90 Å². The molecular weight excluding hydrogens is 346 g/mol. The zero-order valence-corrected chi connectivity index (χ0v) is 13.1. The first-order chi connectivity index (χ1) is 12.4. The third-order valence-corrected chi connectivity index (χ3v) is 4.16. The fourth-order valence-electron chi connectivity index (χ4n) is 3.15. The van der Waals surface area contributed by atoms with Crippen molar-refractivity contribution in [2.24, 2.45) is 0 Å². The molecule has 1 N–H and O–H groups in total. The van der Waals surface area contributed by atoms with Gasteiger partial charge in [0, 0.05) is 22.2 Å². The van der Waals surface area contributed by atoms with E-state index in [0.29, 0.717) is 22.2 Å². The Morgan fingerprint density at radius 1 is 1.12 bits per heavy atom.